The number of hydrogen-bond acceptors (Lipinski definition) is 3. The molecule has 0 radical (unpaired) electrons. The molecule has 3 aliphatic carbocycles. The maximum Gasteiger partial charge on any atom is 0.260 e. The van der Waals surface area contributed by atoms with Crippen LogP contribution < -0.4 is 4.74 Å². The minimum atomic E-state index is -1.50. The van der Waals surface area contributed by atoms with Crippen molar-refractivity contribution in [3.63, 3.8) is 0 Å². The summed E-state index contributed by atoms with van der Waals surface area (Å²) >= 11 is 0. The van der Waals surface area contributed by atoms with Gasteiger partial charge in [0.05, 0.1) is 6.61 Å². The SMILES string of the molecule is O=C(N1CC2(CC[C@@H](N3CCC(c4ccccc4OCC4CC4)CC3)C2)C1)C1(F)CC1. The van der Waals surface area contributed by atoms with Gasteiger partial charge in [-0.25, -0.2) is 4.39 Å². The van der Waals surface area contributed by atoms with E-state index in [9.17, 15) is 9.18 Å². The molecule has 0 N–H and O–H groups in total. The zero-order chi connectivity index (χ0) is 21.1. The van der Waals surface area contributed by atoms with E-state index in [0.717, 1.165) is 44.5 Å². The number of benzene rings is 1. The van der Waals surface area contributed by atoms with Crippen LogP contribution in [0.3, 0.4) is 0 Å². The van der Waals surface area contributed by atoms with Gasteiger partial charge in [0.2, 0.25) is 0 Å². The van der Waals surface area contributed by atoms with Gasteiger partial charge in [0.1, 0.15) is 5.75 Å². The average Bonchev–Trinajstić information content (AvgIpc) is 3.70. The number of alkyl halides is 1. The van der Waals surface area contributed by atoms with Crippen LogP contribution in [0.15, 0.2) is 24.3 Å². The molecule has 1 spiro atoms. The van der Waals surface area contributed by atoms with E-state index in [1.54, 1.807) is 4.90 Å². The van der Waals surface area contributed by atoms with Gasteiger partial charge >= 0.3 is 0 Å². The second-order valence-electron chi connectivity index (χ2n) is 11.1. The largest absolute Gasteiger partial charge is 0.493 e. The number of amides is 1. The molecular formula is C26H35FN2O2. The number of carbonyl (C=O) groups excluding carboxylic acids is 1. The zero-order valence-corrected chi connectivity index (χ0v) is 18.5. The number of ether oxygens (including phenoxy) is 1. The van der Waals surface area contributed by atoms with Crippen molar-refractivity contribution in [2.75, 3.05) is 32.8 Å². The first-order valence-corrected chi connectivity index (χ1v) is 12.5. The van der Waals surface area contributed by atoms with Gasteiger partial charge in [-0.05, 0) is 94.3 Å². The number of hydrogen-bond donors (Lipinski definition) is 0. The summed E-state index contributed by atoms with van der Waals surface area (Å²) in [6.07, 6.45) is 9.51. The topological polar surface area (TPSA) is 32.8 Å². The van der Waals surface area contributed by atoms with Gasteiger partial charge in [0, 0.05) is 24.5 Å². The van der Waals surface area contributed by atoms with Crippen molar-refractivity contribution in [1.82, 2.24) is 9.80 Å². The highest BCUT2D eigenvalue weighted by Crippen LogP contribution is 2.51. The van der Waals surface area contributed by atoms with Crippen molar-refractivity contribution in [2.45, 2.75) is 75.4 Å². The molecule has 0 aromatic heterocycles. The Kier molecular flexibility index (Phi) is 4.82. The lowest BCUT2D eigenvalue weighted by atomic mass is 9.77. The minimum Gasteiger partial charge on any atom is -0.493 e. The van der Waals surface area contributed by atoms with Crippen LogP contribution in [0.25, 0.3) is 0 Å². The molecule has 168 valence electrons. The molecule has 6 rings (SSSR count). The maximum absolute atomic E-state index is 14.1. The lowest BCUT2D eigenvalue weighted by Crippen LogP contribution is -2.60. The number of carbonyl (C=O) groups is 1. The molecule has 5 fully saturated rings. The lowest BCUT2D eigenvalue weighted by molar-refractivity contribution is -0.150. The van der Waals surface area contributed by atoms with Gasteiger partial charge in [-0.3, -0.25) is 4.79 Å². The zero-order valence-electron chi connectivity index (χ0n) is 18.5. The molecule has 2 aliphatic heterocycles. The van der Waals surface area contributed by atoms with Gasteiger partial charge in [0.25, 0.3) is 5.91 Å². The number of rotatable bonds is 6. The highest BCUT2D eigenvalue weighted by molar-refractivity contribution is 5.88. The molecule has 0 unspecified atom stereocenters. The molecule has 1 aromatic carbocycles. The van der Waals surface area contributed by atoms with Crippen LogP contribution in [0.2, 0.25) is 0 Å². The minimum absolute atomic E-state index is 0.232. The quantitative estimate of drug-likeness (QED) is 0.670. The second-order valence-corrected chi connectivity index (χ2v) is 11.1. The molecule has 31 heavy (non-hydrogen) atoms. The number of likely N-dealkylation sites (tertiary alicyclic amines) is 2. The predicted octanol–water partition coefficient (Wildman–Crippen LogP) is 4.54. The first-order chi connectivity index (χ1) is 15.0. The fourth-order valence-corrected chi connectivity index (χ4v) is 6.31. The Hall–Kier alpha value is -1.62. The first kappa shape index (κ1) is 20.0. The van der Waals surface area contributed by atoms with Crippen molar-refractivity contribution in [3.05, 3.63) is 29.8 Å². The summed E-state index contributed by atoms with van der Waals surface area (Å²) in [5.74, 6) is 2.25. The Morgan fingerprint density at radius 1 is 1.03 bits per heavy atom. The molecule has 2 heterocycles. The van der Waals surface area contributed by atoms with E-state index < -0.39 is 5.67 Å². The summed E-state index contributed by atoms with van der Waals surface area (Å²) in [5.41, 5.74) is 0.172. The van der Waals surface area contributed by atoms with Gasteiger partial charge in [-0.2, -0.15) is 0 Å². The van der Waals surface area contributed by atoms with Crippen molar-refractivity contribution in [3.8, 4) is 5.75 Å². The van der Waals surface area contributed by atoms with Crippen LogP contribution >= 0.6 is 0 Å². The summed E-state index contributed by atoms with van der Waals surface area (Å²) in [7, 11) is 0. The van der Waals surface area contributed by atoms with Gasteiger partial charge in [0.15, 0.2) is 5.67 Å². The van der Waals surface area contributed by atoms with Gasteiger partial charge < -0.3 is 14.5 Å². The van der Waals surface area contributed by atoms with E-state index in [0.29, 0.717) is 24.8 Å². The Bertz CT molecular complexity index is 836. The Morgan fingerprint density at radius 2 is 1.77 bits per heavy atom. The van der Waals surface area contributed by atoms with E-state index in [1.165, 1.54) is 50.5 Å². The van der Waals surface area contributed by atoms with E-state index in [1.807, 2.05) is 0 Å². The standard InChI is InChI=1S/C26H35FN2O2/c27-26(11-12-26)24(30)29-17-25(18-29)10-7-21(15-25)28-13-8-20(9-14-28)22-3-1-2-4-23(22)31-16-19-5-6-19/h1-4,19-21H,5-18H2/t21-/m1/s1. The van der Waals surface area contributed by atoms with E-state index in [2.05, 4.69) is 29.2 Å². The fourth-order valence-electron chi connectivity index (χ4n) is 6.31. The second kappa shape index (κ2) is 7.47. The first-order valence-electron chi connectivity index (χ1n) is 12.5. The van der Waals surface area contributed by atoms with E-state index >= 15 is 0 Å². The average molecular weight is 427 g/mol. The lowest BCUT2D eigenvalue weighted by Gasteiger charge is -2.49. The molecule has 3 saturated carbocycles. The van der Waals surface area contributed by atoms with E-state index in [-0.39, 0.29) is 11.3 Å². The van der Waals surface area contributed by atoms with Crippen LogP contribution in [0.5, 0.6) is 5.75 Å². The van der Waals surface area contributed by atoms with Crippen LogP contribution in [0.4, 0.5) is 4.39 Å². The predicted molar refractivity (Wildman–Crippen MR) is 118 cm³/mol. The number of halogens is 1. The Labute approximate surface area is 185 Å². The summed E-state index contributed by atoms with van der Waals surface area (Å²) in [4.78, 5) is 16.7. The maximum atomic E-state index is 14.1. The Morgan fingerprint density at radius 3 is 2.48 bits per heavy atom. The summed E-state index contributed by atoms with van der Waals surface area (Å²) in [5, 5.41) is 0. The van der Waals surface area contributed by atoms with Crippen molar-refractivity contribution in [2.24, 2.45) is 11.3 Å². The molecular weight excluding hydrogens is 391 g/mol. The molecule has 0 bridgehead atoms. The van der Waals surface area contributed by atoms with Gasteiger partial charge in [-0.15, -0.1) is 0 Å². The third-order valence-corrected chi connectivity index (χ3v) is 8.66. The number of para-hydroxylation sites is 1. The van der Waals surface area contributed by atoms with Crippen LogP contribution in [0, 0.1) is 11.3 Å². The van der Waals surface area contributed by atoms with E-state index in [4.69, 9.17) is 4.74 Å². The highest BCUT2D eigenvalue weighted by atomic mass is 19.1. The summed E-state index contributed by atoms with van der Waals surface area (Å²) in [6, 6.07) is 9.31. The molecule has 1 amide bonds. The third kappa shape index (κ3) is 3.88. The highest BCUT2D eigenvalue weighted by Gasteiger charge is 2.58. The molecule has 5 heteroatoms. The van der Waals surface area contributed by atoms with Gasteiger partial charge in [-0.1, -0.05) is 18.2 Å². The van der Waals surface area contributed by atoms with Crippen LogP contribution in [-0.4, -0.2) is 60.2 Å². The molecule has 1 aromatic rings. The summed E-state index contributed by atoms with van der Waals surface area (Å²) in [6.45, 7) is 4.76. The molecule has 4 nitrogen and oxygen atoms in total. The number of nitrogens with zero attached hydrogens (tertiary/aromatic N) is 2. The van der Waals surface area contributed by atoms with Crippen molar-refractivity contribution in [1.29, 1.82) is 0 Å². The molecule has 2 saturated heterocycles. The smallest absolute Gasteiger partial charge is 0.260 e. The molecule has 5 aliphatic rings. The van der Waals surface area contributed by atoms with Crippen molar-refractivity contribution < 1.29 is 13.9 Å². The third-order valence-electron chi connectivity index (χ3n) is 8.66. The number of piperidine rings is 1. The normalized spacial score (nSPS) is 29.7. The fraction of sp³-hybridized carbons (Fsp3) is 0.731. The molecule has 1 atom stereocenters. The van der Waals surface area contributed by atoms with Crippen molar-refractivity contribution >= 4 is 5.91 Å². The summed E-state index contributed by atoms with van der Waals surface area (Å²) < 4.78 is 20.3. The van der Waals surface area contributed by atoms with Crippen LogP contribution in [-0.2, 0) is 4.79 Å². The Balaban J connectivity index is 1.01. The van der Waals surface area contributed by atoms with Crippen LogP contribution in [0.1, 0.15) is 69.3 Å². The monoisotopic (exact) mass is 426 g/mol.